The van der Waals surface area contributed by atoms with Crippen LogP contribution in [0.15, 0.2) is 11.1 Å². The summed E-state index contributed by atoms with van der Waals surface area (Å²) < 4.78 is 0. The van der Waals surface area contributed by atoms with E-state index in [4.69, 9.17) is 15.3 Å². The Hall–Kier alpha value is -0.380. The zero-order valence-corrected chi connectivity index (χ0v) is 7.26. The third-order valence-electron chi connectivity index (χ3n) is 1.80. The molecule has 3 heteroatoms. The van der Waals surface area contributed by atoms with Crippen molar-refractivity contribution in [1.29, 1.82) is 0 Å². The molecule has 0 atom stereocenters. The van der Waals surface area contributed by atoms with E-state index in [1.807, 2.05) is 6.92 Å². The van der Waals surface area contributed by atoms with Crippen LogP contribution >= 0.6 is 0 Å². The fraction of sp³-hybridized carbons (Fsp3) is 0.750. The van der Waals surface area contributed by atoms with Crippen LogP contribution in [0.4, 0.5) is 0 Å². The molecule has 3 N–H and O–H groups in total. The van der Waals surface area contributed by atoms with Gasteiger partial charge < -0.3 is 15.3 Å². The molecule has 0 spiro atoms. The molecular formula is C8H16O3. The summed E-state index contributed by atoms with van der Waals surface area (Å²) in [6.45, 7) is 5.44. The number of allylic oxidation sites excluding steroid dienone is 1. The van der Waals surface area contributed by atoms with Gasteiger partial charge in [-0.3, -0.25) is 0 Å². The standard InChI is InChI=1S/C8H16O3/c1-4-6(3)7(5-2)8(9,10)11/h9-11H,4-5H2,1-3H3. The maximum atomic E-state index is 8.83. The quantitative estimate of drug-likeness (QED) is 0.422. The fourth-order valence-electron chi connectivity index (χ4n) is 1.04. The summed E-state index contributed by atoms with van der Waals surface area (Å²) in [5, 5.41) is 26.5. The molecule has 0 aromatic carbocycles. The summed E-state index contributed by atoms with van der Waals surface area (Å²) in [5.74, 6) is -2.63. The molecule has 0 radical (unpaired) electrons. The van der Waals surface area contributed by atoms with Gasteiger partial charge in [0.05, 0.1) is 0 Å². The van der Waals surface area contributed by atoms with Gasteiger partial charge >= 0.3 is 0 Å². The highest BCUT2D eigenvalue weighted by molar-refractivity contribution is 5.15. The molecule has 0 saturated heterocycles. The Kier molecular flexibility index (Phi) is 3.72. The lowest BCUT2D eigenvalue weighted by atomic mass is 10.0. The molecule has 0 rings (SSSR count). The Balaban J connectivity index is 4.66. The van der Waals surface area contributed by atoms with Crippen molar-refractivity contribution in [2.75, 3.05) is 0 Å². The molecule has 66 valence electrons. The van der Waals surface area contributed by atoms with E-state index in [2.05, 4.69) is 0 Å². The van der Waals surface area contributed by atoms with Crippen molar-refractivity contribution < 1.29 is 15.3 Å². The van der Waals surface area contributed by atoms with Crippen LogP contribution in [0.2, 0.25) is 0 Å². The molecule has 0 heterocycles. The summed E-state index contributed by atoms with van der Waals surface area (Å²) in [6, 6.07) is 0. The van der Waals surface area contributed by atoms with E-state index in [9.17, 15) is 0 Å². The minimum atomic E-state index is -2.63. The maximum absolute atomic E-state index is 8.83. The normalized spacial score (nSPS) is 14.7. The Labute approximate surface area is 67.0 Å². The van der Waals surface area contributed by atoms with Crippen LogP contribution in [0.3, 0.4) is 0 Å². The number of hydrogen-bond acceptors (Lipinski definition) is 3. The molecule has 3 nitrogen and oxygen atoms in total. The molecule has 0 unspecified atom stereocenters. The Morgan fingerprint density at radius 2 is 1.55 bits per heavy atom. The first-order chi connectivity index (χ1) is 4.93. The van der Waals surface area contributed by atoms with E-state index in [0.29, 0.717) is 18.4 Å². The third-order valence-corrected chi connectivity index (χ3v) is 1.80. The second-order valence-corrected chi connectivity index (χ2v) is 2.60. The summed E-state index contributed by atoms with van der Waals surface area (Å²) in [5.41, 5.74) is 1.11. The predicted octanol–water partition coefficient (Wildman–Crippen LogP) is 0.754. The van der Waals surface area contributed by atoms with Crippen LogP contribution in [-0.2, 0) is 0 Å². The van der Waals surface area contributed by atoms with Crippen LogP contribution in [-0.4, -0.2) is 21.3 Å². The molecule has 0 aliphatic rings. The van der Waals surface area contributed by atoms with Gasteiger partial charge in [-0.25, -0.2) is 0 Å². The predicted molar refractivity (Wildman–Crippen MR) is 42.7 cm³/mol. The number of aliphatic hydroxyl groups is 3. The van der Waals surface area contributed by atoms with E-state index in [0.717, 1.165) is 5.57 Å². The topological polar surface area (TPSA) is 60.7 Å². The monoisotopic (exact) mass is 160 g/mol. The largest absolute Gasteiger partial charge is 0.340 e. The van der Waals surface area contributed by atoms with Crippen LogP contribution in [0.25, 0.3) is 0 Å². The van der Waals surface area contributed by atoms with Crippen molar-refractivity contribution in [1.82, 2.24) is 0 Å². The van der Waals surface area contributed by atoms with Crippen LogP contribution in [0, 0.1) is 0 Å². The van der Waals surface area contributed by atoms with Gasteiger partial charge in [-0.15, -0.1) is 0 Å². The molecule has 0 fully saturated rings. The van der Waals surface area contributed by atoms with Crippen LogP contribution in [0.5, 0.6) is 0 Å². The van der Waals surface area contributed by atoms with E-state index >= 15 is 0 Å². The fourth-order valence-corrected chi connectivity index (χ4v) is 1.04. The van der Waals surface area contributed by atoms with Crippen LogP contribution in [0.1, 0.15) is 33.6 Å². The molecule has 0 aliphatic carbocycles. The Bertz CT molecular complexity index is 153. The smallest absolute Gasteiger partial charge is 0.300 e. The van der Waals surface area contributed by atoms with E-state index in [-0.39, 0.29) is 0 Å². The van der Waals surface area contributed by atoms with Gasteiger partial charge in [0.15, 0.2) is 0 Å². The summed E-state index contributed by atoms with van der Waals surface area (Å²) in [6.07, 6.45) is 1.16. The molecular weight excluding hydrogens is 144 g/mol. The first kappa shape index (κ1) is 10.6. The third kappa shape index (κ3) is 3.01. The van der Waals surface area contributed by atoms with Gasteiger partial charge in [-0.1, -0.05) is 19.4 Å². The zero-order valence-electron chi connectivity index (χ0n) is 7.26. The minimum Gasteiger partial charge on any atom is -0.340 e. The van der Waals surface area contributed by atoms with E-state index in [1.54, 1.807) is 13.8 Å². The molecule has 0 saturated carbocycles. The summed E-state index contributed by atoms with van der Waals surface area (Å²) in [4.78, 5) is 0. The number of rotatable bonds is 3. The average Bonchev–Trinajstić information content (AvgIpc) is 1.86. The first-order valence-electron chi connectivity index (χ1n) is 3.79. The summed E-state index contributed by atoms with van der Waals surface area (Å²) in [7, 11) is 0. The van der Waals surface area contributed by atoms with Crippen LogP contribution < -0.4 is 0 Å². The van der Waals surface area contributed by atoms with Crippen molar-refractivity contribution in [3.63, 3.8) is 0 Å². The molecule has 0 aliphatic heterocycles. The average molecular weight is 160 g/mol. The highest BCUT2D eigenvalue weighted by Gasteiger charge is 2.24. The maximum Gasteiger partial charge on any atom is 0.300 e. The highest BCUT2D eigenvalue weighted by atomic mass is 16.7. The Morgan fingerprint density at radius 3 is 1.64 bits per heavy atom. The van der Waals surface area contributed by atoms with Crippen molar-refractivity contribution in [3.8, 4) is 0 Å². The molecule has 11 heavy (non-hydrogen) atoms. The lowest BCUT2D eigenvalue weighted by Crippen LogP contribution is -2.30. The van der Waals surface area contributed by atoms with Gasteiger partial charge in [-0.05, 0) is 19.8 Å². The molecule has 0 aromatic rings. The van der Waals surface area contributed by atoms with Crippen molar-refractivity contribution in [2.45, 2.75) is 39.6 Å². The lowest BCUT2D eigenvalue weighted by molar-refractivity contribution is -0.283. The van der Waals surface area contributed by atoms with Crippen molar-refractivity contribution in [3.05, 3.63) is 11.1 Å². The zero-order chi connectivity index (χ0) is 9.07. The highest BCUT2D eigenvalue weighted by Crippen LogP contribution is 2.20. The second-order valence-electron chi connectivity index (χ2n) is 2.60. The number of hydrogen-bond donors (Lipinski definition) is 3. The van der Waals surface area contributed by atoms with E-state index < -0.39 is 5.97 Å². The van der Waals surface area contributed by atoms with Crippen molar-refractivity contribution >= 4 is 0 Å². The minimum absolute atomic E-state index is 0.292. The molecule has 0 amide bonds. The van der Waals surface area contributed by atoms with E-state index in [1.165, 1.54) is 0 Å². The van der Waals surface area contributed by atoms with Gasteiger partial charge in [0, 0.05) is 5.57 Å². The van der Waals surface area contributed by atoms with Gasteiger partial charge in [0.25, 0.3) is 5.97 Å². The van der Waals surface area contributed by atoms with Crippen molar-refractivity contribution in [2.24, 2.45) is 0 Å². The second kappa shape index (κ2) is 3.85. The van der Waals surface area contributed by atoms with Gasteiger partial charge in [0.2, 0.25) is 0 Å². The lowest BCUT2D eigenvalue weighted by Gasteiger charge is -2.19. The molecule has 0 aromatic heterocycles. The SMILES string of the molecule is CCC(C)=C(CC)C(O)(O)O. The molecule has 0 bridgehead atoms. The van der Waals surface area contributed by atoms with Gasteiger partial charge in [0.1, 0.15) is 0 Å². The summed E-state index contributed by atoms with van der Waals surface area (Å²) >= 11 is 0. The Morgan fingerprint density at radius 1 is 1.09 bits per heavy atom. The van der Waals surface area contributed by atoms with Gasteiger partial charge in [-0.2, -0.15) is 0 Å². The first-order valence-corrected chi connectivity index (χ1v) is 3.79.